The van der Waals surface area contributed by atoms with Gasteiger partial charge >= 0.3 is 0 Å². The van der Waals surface area contributed by atoms with Gasteiger partial charge in [0.2, 0.25) is 0 Å². The lowest BCUT2D eigenvalue weighted by atomic mass is 10.0. The minimum atomic E-state index is 0.316. The summed E-state index contributed by atoms with van der Waals surface area (Å²) in [6.07, 6.45) is 1.04. The Labute approximate surface area is 128 Å². The lowest BCUT2D eigenvalue weighted by molar-refractivity contribution is 0.409. The van der Waals surface area contributed by atoms with Crippen molar-refractivity contribution in [1.82, 2.24) is 0 Å². The maximum absolute atomic E-state index is 5.51. The SMILES string of the molecule is CCC(Nc1ccc(C)c(OC)c1C)c1ccc(C)cc1. The van der Waals surface area contributed by atoms with Crippen LogP contribution in [0.5, 0.6) is 5.75 Å². The molecule has 1 N–H and O–H groups in total. The van der Waals surface area contributed by atoms with E-state index < -0.39 is 0 Å². The quantitative estimate of drug-likeness (QED) is 0.816. The van der Waals surface area contributed by atoms with Crippen molar-refractivity contribution < 1.29 is 4.74 Å². The molecule has 2 rings (SSSR count). The largest absolute Gasteiger partial charge is 0.496 e. The zero-order valence-corrected chi connectivity index (χ0v) is 13.7. The molecule has 2 nitrogen and oxygen atoms in total. The molecule has 0 bridgehead atoms. The van der Waals surface area contributed by atoms with E-state index >= 15 is 0 Å². The predicted octanol–water partition coefficient (Wildman–Crippen LogP) is 5.18. The molecule has 2 aromatic carbocycles. The highest BCUT2D eigenvalue weighted by molar-refractivity contribution is 5.60. The molecule has 0 aliphatic rings. The van der Waals surface area contributed by atoms with E-state index in [2.05, 4.69) is 69.4 Å². The number of hydrogen-bond donors (Lipinski definition) is 1. The Hall–Kier alpha value is -1.96. The Morgan fingerprint density at radius 1 is 1.00 bits per heavy atom. The van der Waals surface area contributed by atoms with Crippen molar-refractivity contribution in [2.75, 3.05) is 12.4 Å². The van der Waals surface area contributed by atoms with Crippen LogP contribution in [0.3, 0.4) is 0 Å². The number of rotatable bonds is 5. The van der Waals surface area contributed by atoms with Gasteiger partial charge in [-0.1, -0.05) is 42.8 Å². The molecule has 0 radical (unpaired) electrons. The molecule has 0 amide bonds. The molecule has 0 saturated heterocycles. The highest BCUT2D eigenvalue weighted by Gasteiger charge is 2.13. The van der Waals surface area contributed by atoms with Gasteiger partial charge in [-0.25, -0.2) is 0 Å². The fraction of sp³-hybridized carbons (Fsp3) is 0.368. The second kappa shape index (κ2) is 6.66. The number of nitrogens with one attached hydrogen (secondary N) is 1. The first kappa shape index (κ1) is 15.4. The van der Waals surface area contributed by atoms with Crippen molar-refractivity contribution in [3.8, 4) is 5.75 Å². The molecule has 0 fully saturated rings. The first-order chi connectivity index (χ1) is 10.1. The number of benzene rings is 2. The van der Waals surface area contributed by atoms with Gasteiger partial charge in [0, 0.05) is 11.3 Å². The molecule has 0 aromatic heterocycles. The molecular weight excluding hydrogens is 258 g/mol. The third-order valence-corrected chi connectivity index (χ3v) is 4.02. The van der Waals surface area contributed by atoms with Crippen LogP contribution in [-0.2, 0) is 0 Å². The van der Waals surface area contributed by atoms with Crippen LogP contribution in [0, 0.1) is 20.8 Å². The first-order valence-electron chi connectivity index (χ1n) is 7.54. The fourth-order valence-electron chi connectivity index (χ4n) is 2.71. The summed E-state index contributed by atoms with van der Waals surface area (Å²) in [6, 6.07) is 13.3. The average Bonchev–Trinajstić information content (AvgIpc) is 2.48. The van der Waals surface area contributed by atoms with E-state index in [1.165, 1.54) is 22.3 Å². The minimum absolute atomic E-state index is 0.316. The van der Waals surface area contributed by atoms with Crippen LogP contribution in [0.1, 0.15) is 41.6 Å². The van der Waals surface area contributed by atoms with E-state index in [9.17, 15) is 0 Å². The zero-order chi connectivity index (χ0) is 15.4. The lowest BCUT2D eigenvalue weighted by Crippen LogP contribution is -2.11. The zero-order valence-electron chi connectivity index (χ0n) is 13.7. The molecule has 0 saturated carbocycles. The number of methoxy groups -OCH3 is 1. The van der Waals surface area contributed by atoms with E-state index in [0.717, 1.165) is 17.9 Å². The number of hydrogen-bond acceptors (Lipinski definition) is 2. The van der Waals surface area contributed by atoms with Gasteiger partial charge in [-0.3, -0.25) is 0 Å². The lowest BCUT2D eigenvalue weighted by Gasteiger charge is -2.22. The molecule has 0 aliphatic carbocycles. The van der Waals surface area contributed by atoms with Crippen molar-refractivity contribution in [3.05, 3.63) is 58.7 Å². The third-order valence-electron chi connectivity index (χ3n) is 4.02. The van der Waals surface area contributed by atoms with Crippen LogP contribution in [0.2, 0.25) is 0 Å². The van der Waals surface area contributed by atoms with E-state index in [4.69, 9.17) is 4.74 Å². The Morgan fingerprint density at radius 2 is 1.67 bits per heavy atom. The van der Waals surface area contributed by atoms with Gasteiger partial charge in [0.15, 0.2) is 0 Å². The molecule has 2 heteroatoms. The van der Waals surface area contributed by atoms with E-state index in [1.54, 1.807) is 7.11 Å². The molecule has 0 heterocycles. The van der Waals surface area contributed by atoms with E-state index in [-0.39, 0.29) is 0 Å². The maximum atomic E-state index is 5.51. The molecule has 2 aromatic rings. The molecule has 112 valence electrons. The Bertz CT molecular complexity index is 602. The van der Waals surface area contributed by atoms with Gasteiger partial charge < -0.3 is 10.1 Å². The van der Waals surface area contributed by atoms with Gasteiger partial charge in [-0.2, -0.15) is 0 Å². The van der Waals surface area contributed by atoms with Crippen LogP contribution in [0.4, 0.5) is 5.69 Å². The van der Waals surface area contributed by atoms with Crippen molar-refractivity contribution in [3.63, 3.8) is 0 Å². The second-order valence-electron chi connectivity index (χ2n) is 5.60. The summed E-state index contributed by atoms with van der Waals surface area (Å²) in [5.74, 6) is 0.971. The van der Waals surface area contributed by atoms with Gasteiger partial charge in [0.1, 0.15) is 5.75 Å². The molecule has 1 unspecified atom stereocenters. The van der Waals surface area contributed by atoms with Crippen molar-refractivity contribution in [2.24, 2.45) is 0 Å². The summed E-state index contributed by atoms with van der Waals surface area (Å²) in [7, 11) is 1.73. The highest BCUT2D eigenvalue weighted by atomic mass is 16.5. The van der Waals surface area contributed by atoms with Crippen molar-refractivity contribution in [2.45, 2.75) is 40.2 Å². The molecular formula is C19H25NO. The number of anilines is 1. The Kier molecular flexibility index (Phi) is 4.89. The van der Waals surface area contributed by atoms with Gasteiger partial charge in [-0.05, 0) is 44.4 Å². The summed E-state index contributed by atoms with van der Waals surface area (Å²) in [4.78, 5) is 0. The van der Waals surface area contributed by atoms with Crippen molar-refractivity contribution in [1.29, 1.82) is 0 Å². The van der Waals surface area contributed by atoms with E-state index in [0.29, 0.717) is 6.04 Å². The smallest absolute Gasteiger partial charge is 0.126 e. The monoisotopic (exact) mass is 283 g/mol. The summed E-state index contributed by atoms with van der Waals surface area (Å²) < 4.78 is 5.51. The predicted molar refractivity (Wildman–Crippen MR) is 90.3 cm³/mol. The van der Waals surface area contributed by atoms with Crippen LogP contribution < -0.4 is 10.1 Å². The maximum Gasteiger partial charge on any atom is 0.126 e. The minimum Gasteiger partial charge on any atom is -0.496 e. The summed E-state index contributed by atoms with van der Waals surface area (Å²) in [5.41, 5.74) is 6.10. The van der Waals surface area contributed by atoms with Crippen LogP contribution in [0.15, 0.2) is 36.4 Å². The van der Waals surface area contributed by atoms with Gasteiger partial charge in [0.25, 0.3) is 0 Å². The summed E-state index contributed by atoms with van der Waals surface area (Å²) >= 11 is 0. The molecule has 21 heavy (non-hydrogen) atoms. The normalized spacial score (nSPS) is 12.0. The fourth-order valence-corrected chi connectivity index (χ4v) is 2.71. The summed E-state index contributed by atoms with van der Waals surface area (Å²) in [6.45, 7) is 8.51. The average molecular weight is 283 g/mol. The van der Waals surface area contributed by atoms with Gasteiger partial charge in [0.05, 0.1) is 13.2 Å². The second-order valence-corrected chi connectivity index (χ2v) is 5.60. The van der Waals surface area contributed by atoms with Crippen LogP contribution >= 0.6 is 0 Å². The van der Waals surface area contributed by atoms with Crippen LogP contribution in [0.25, 0.3) is 0 Å². The van der Waals surface area contributed by atoms with E-state index in [1.807, 2.05) is 0 Å². The first-order valence-corrected chi connectivity index (χ1v) is 7.54. The molecule has 0 spiro atoms. The third kappa shape index (κ3) is 3.38. The Balaban J connectivity index is 2.29. The van der Waals surface area contributed by atoms with Crippen LogP contribution in [-0.4, -0.2) is 7.11 Å². The molecule has 0 aliphatic heterocycles. The molecule has 1 atom stereocenters. The standard InChI is InChI=1S/C19H25NO/c1-6-17(16-10-7-13(2)8-11-16)20-18-12-9-14(3)19(21-5)15(18)4/h7-12,17,20H,6H2,1-5H3. The Morgan fingerprint density at radius 3 is 2.24 bits per heavy atom. The highest BCUT2D eigenvalue weighted by Crippen LogP contribution is 2.32. The number of ether oxygens (including phenoxy) is 1. The van der Waals surface area contributed by atoms with Gasteiger partial charge in [-0.15, -0.1) is 0 Å². The van der Waals surface area contributed by atoms with Crippen molar-refractivity contribution >= 4 is 5.69 Å². The topological polar surface area (TPSA) is 21.3 Å². The number of aryl methyl sites for hydroxylation is 2. The summed E-state index contributed by atoms with van der Waals surface area (Å²) in [5, 5.41) is 3.65.